The summed E-state index contributed by atoms with van der Waals surface area (Å²) in [4.78, 5) is 0. The third-order valence-electron chi connectivity index (χ3n) is 11.4. The van der Waals surface area contributed by atoms with Gasteiger partial charge < -0.3 is 4.57 Å². The van der Waals surface area contributed by atoms with Crippen LogP contribution in [0.25, 0.3) is 72.0 Å². The first kappa shape index (κ1) is 31.3. The van der Waals surface area contributed by atoms with E-state index in [9.17, 15) is 0 Å². The van der Waals surface area contributed by atoms with Crippen LogP contribution in [-0.4, -0.2) is 4.57 Å². The van der Waals surface area contributed by atoms with E-state index in [-0.39, 0.29) is 0 Å². The third-order valence-corrected chi connectivity index (χ3v) is 11.4. The van der Waals surface area contributed by atoms with Gasteiger partial charge in [0.25, 0.3) is 0 Å². The van der Waals surface area contributed by atoms with Crippen LogP contribution in [0.2, 0.25) is 0 Å². The lowest BCUT2D eigenvalue weighted by Crippen LogP contribution is -2.04. The number of hydrogen-bond acceptors (Lipinski definition) is 0. The number of fused-ring (bicyclic) bond motifs is 6. The molecule has 0 bridgehead atoms. The fourth-order valence-electron chi connectivity index (χ4n) is 8.80. The molecule has 2 atom stereocenters. The Labute approximate surface area is 311 Å². The van der Waals surface area contributed by atoms with Crippen LogP contribution in [0.15, 0.2) is 194 Å². The van der Waals surface area contributed by atoms with Crippen molar-refractivity contribution < 1.29 is 0 Å². The summed E-state index contributed by atoms with van der Waals surface area (Å²) in [6.45, 7) is 2.42. The first-order chi connectivity index (χ1) is 26.2. The average molecular weight is 678 g/mol. The van der Waals surface area contributed by atoms with Crippen LogP contribution in [0.3, 0.4) is 0 Å². The Kier molecular flexibility index (Phi) is 7.65. The predicted molar refractivity (Wildman–Crippen MR) is 224 cm³/mol. The van der Waals surface area contributed by atoms with Gasteiger partial charge in [0.15, 0.2) is 0 Å². The number of benzene rings is 8. The van der Waals surface area contributed by atoms with E-state index in [1.165, 1.54) is 88.7 Å². The highest BCUT2D eigenvalue weighted by Gasteiger charge is 2.28. The van der Waals surface area contributed by atoms with Crippen molar-refractivity contribution in [2.24, 2.45) is 0 Å². The zero-order chi connectivity index (χ0) is 35.3. The summed E-state index contributed by atoms with van der Waals surface area (Å²) in [6, 6.07) is 71.7. The molecule has 1 nitrogen and oxygen atoms in total. The normalized spacial score (nSPS) is 15.2. The van der Waals surface area contributed by atoms with Gasteiger partial charge in [-0.25, -0.2) is 0 Å². The minimum absolute atomic E-state index is 0.306. The lowest BCUT2D eigenvalue weighted by Gasteiger charge is -2.21. The van der Waals surface area contributed by atoms with Gasteiger partial charge in [-0.15, -0.1) is 0 Å². The molecule has 1 heterocycles. The summed E-state index contributed by atoms with van der Waals surface area (Å²) in [5.41, 5.74) is 18.1. The molecule has 0 N–H and O–H groups in total. The summed E-state index contributed by atoms with van der Waals surface area (Å²) >= 11 is 0. The second-order valence-corrected chi connectivity index (χ2v) is 14.6. The van der Waals surface area contributed by atoms with Crippen LogP contribution in [0.4, 0.5) is 0 Å². The quantitative estimate of drug-likeness (QED) is 0.171. The van der Waals surface area contributed by atoms with Gasteiger partial charge >= 0.3 is 0 Å². The Morgan fingerprint density at radius 2 is 0.906 bits per heavy atom. The molecule has 0 saturated heterocycles. The lowest BCUT2D eigenvalue weighted by atomic mass is 9.82. The summed E-state index contributed by atoms with van der Waals surface area (Å²) in [5, 5.41) is 2.54. The highest BCUT2D eigenvalue weighted by molar-refractivity contribution is 6.11. The van der Waals surface area contributed by atoms with E-state index in [1.54, 1.807) is 0 Å². The first-order valence-electron chi connectivity index (χ1n) is 18.8. The smallest absolute Gasteiger partial charge is 0.0541 e. The summed E-state index contributed by atoms with van der Waals surface area (Å²) in [5.74, 6) is 0.680. The van der Waals surface area contributed by atoms with Crippen LogP contribution in [0.5, 0.6) is 0 Å². The fraction of sp³-hybridized carbons (Fsp3) is 0.0769. The summed E-state index contributed by atoms with van der Waals surface area (Å²) < 4.78 is 2.41. The molecule has 0 spiro atoms. The second kappa shape index (κ2) is 13.0. The van der Waals surface area contributed by atoms with Crippen LogP contribution < -0.4 is 0 Å². The molecule has 1 aliphatic rings. The van der Waals surface area contributed by atoms with E-state index in [0.717, 1.165) is 6.42 Å². The van der Waals surface area contributed by atoms with Crippen molar-refractivity contribution in [3.63, 3.8) is 0 Å². The molecular formula is C52H39N. The van der Waals surface area contributed by atoms with Crippen molar-refractivity contribution >= 4 is 21.8 Å². The molecule has 1 aromatic heterocycles. The SMILES string of the molecule is C[C@@H]1CC(c2cccc(-c3ccccc3)c2)c2ccccc2-c2ccc(-c3ccc4c(c3)c3cc(-c5ccccc5)ccc3n4-c3ccccc3)cc21. The molecule has 0 radical (unpaired) electrons. The minimum Gasteiger partial charge on any atom is -0.309 e. The molecular weight excluding hydrogens is 639 g/mol. The Balaban J connectivity index is 1.09. The van der Waals surface area contributed by atoms with Crippen LogP contribution in [0.1, 0.15) is 41.9 Å². The van der Waals surface area contributed by atoms with Crippen molar-refractivity contribution in [1.29, 1.82) is 0 Å². The number of rotatable bonds is 5. The molecule has 0 fully saturated rings. The standard InChI is InChI=1S/C52H39N/c1-35-30-48(42-19-13-18-38(31-42)36-14-5-2-6-15-36)45-23-12-11-22-44(45)46-27-24-40(32-47(35)46)41-26-29-52-50(34-41)49-33-39(37-16-7-3-8-17-37)25-28-51(49)53(52)43-20-9-4-10-21-43/h2-29,31-35,48H,30H2,1H3/t35-,48?/m1/s1. The van der Waals surface area contributed by atoms with E-state index in [4.69, 9.17) is 0 Å². The lowest BCUT2D eigenvalue weighted by molar-refractivity contribution is 0.626. The zero-order valence-electron chi connectivity index (χ0n) is 29.8. The van der Waals surface area contributed by atoms with Gasteiger partial charge in [0.1, 0.15) is 0 Å². The van der Waals surface area contributed by atoms with Gasteiger partial charge in [-0.1, -0.05) is 165 Å². The van der Waals surface area contributed by atoms with E-state index in [1.807, 2.05) is 0 Å². The number of para-hydroxylation sites is 1. The Bertz CT molecular complexity index is 2760. The maximum atomic E-state index is 2.48. The van der Waals surface area contributed by atoms with Crippen LogP contribution >= 0.6 is 0 Å². The van der Waals surface area contributed by atoms with Crippen LogP contribution in [0, 0.1) is 0 Å². The van der Waals surface area contributed by atoms with Crippen molar-refractivity contribution in [3.05, 3.63) is 211 Å². The number of nitrogens with zero attached hydrogens (tertiary/aromatic N) is 1. The Morgan fingerprint density at radius 3 is 1.58 bits per heavy atom. The topological polar surface area (TPSA) is 4.93 Å². The molecule has 252 valence electrons. The molecule has 1 aliphatic carbocycles. The molecule has 8 aromatic carbocycles. The Hall–Kier alpha value is -6.44. The molecule has 1 unspecified atom stereocenters. The minimum atomic E-state index is 0.306. The number of hydrogen-bond donors (Lipinski definition) is 0. The summed E-state index contributed by atoms with van der Waals surface area (Å²) in [7, 11) is 0. The fourth-order valence-corrected chi connectivity index (χ4v) is 8.80. The molecule has 10 rings (SSSR count). The molecule has 53 heavy (non-hydrogen) atoms. The monoisotopic (exact) mass is 677 g/mol. The van der Waals surface area contributed by atoms with E-state index in [0.29, 0.717) is 11.8 Å². The Morgan fingerprint density at radius 1 is 0.396 bits per heavy atom. The van der Waals surface area contributed by atoms with Crippen molar-refractivity contribution in [3.8, 4) is 50.2 Å². The van der Waals surface area contributed by atoms with Gasteiger partial charge in [-0.05, 0) is 110 Å². The van der Waals surface area contributed by atoms with Gasteiger partial charge in [-0.3, -0.25) is 0 Å². The van der Waals surface area contributed by atoms with Gasteiger partial charge in [0.05, 0.1) is 11.0 Å². The van der Waals surface area contributed by atoms with E-state index >= 15 is 0 Å². The van der Waals surface area contributed by atoms with Crippen molar-refractivity contribution in [2.45, 2.75) is 25.2 Å². The van der Waals surface area contributed by atoms with Crippen molar-refractivity contribution in [1.82, 2.24) is 4.57 Å². The van der Waals surface area contributed by atoms with E-state index in [2.05, 4.69) is 206 Å². The molecule has 0 amide bonds. The molecule has 1 heteroatoms. The summed E-state index contributed by atoms with van der Waals surface area (Å²) in [6.07, 6.45) is 1.05. The zero-order valence-corrected chi connectivity index (χ0v) is 29.8. The van der Waals surface area contributed by atoms with Gasteiger partial charge in [0.2, 0.25) is 0 Å². The second-order valence-electron chi connectivity index (χ2n) is 14.6. The molecule has 9 aromatic rings. The average Bonchev–Trinajstić information content (AvgIpc) is 3.50. The van der Waals surface area contributed by atoms with Crippen molar-refractivity contribution in [2.75, 3.05) is 0 Å². The number of aromatic nitrogens is 1. The maximum Gasteiger partial charge on any atom is 0.0541 e. The maximum absolute atomic E-state index is 2.48. The molecule has 0 aliphatic heterocycles. The highest BCUT2D eigenvalue weighted by atomic mass is 15.0. The van der Waals surface area contributed by atoms with Crippen LogP contribution in [-0.2, 0) is 0 Å². The first-order valence-corrected chi connectivity index (χ1v) is 18.8. The predicted octanol–water partition coefficient (Wildman–Crippen LogP) is 14.1. The van der Waals surface area contributed by atoms with Gasteiger partial charge in [0, 0.05) is 22.4 Å². The largest absolute Gasteiger partial charge is 0.309 e. The van der Waals surface area contributed by atoms with E-state index < -0.39 is 0 Å². The van der Waals surface area contributed by atoms with Gasteiger partial charge in [-0.2, -0.15) is 0 Å². The molecule has 0 saturated carbocycles. The highest BCUT2D eigenvalue weighted by Crippen LogP contribution is 2.47. The third kappa shape index (κ3) is 5.48.